The van der Waals surface area contributed by atoms with Gasteiger partial charge < -0.3 is 4.74 Å². The van der Waals surface area contributed by atoms with Crippen LogP contribution in [-0.2, 0) is 27.2 Å². The largest absolute Gasteiger partial charge is 0.385 e. The highest BCUT2D eigenvalue weighted by atomic mass is 35.5. The Kier molecular flexibility index (Phi) is 6.63. The van der Waals surface area contributed by atoms with E-state index >= 15 is 0 Å². The van der Waals surface area contributed by atoms with Crippen molar-refractivity contribution in [2.45, 2.75) is 18.8 Å². The van der Waals surface area contributed by atoms with E-state index < -0.39 is 10.0 Å². The highest BCUT2D eigenvalue weighted by molar-refractivity contribution is 7.89. The summed E-state index contributed by atoms with van der Waals surface area (Å²) in [6.07, 6.45) is 0.494. The molecule has 0 fully saturated rings. The van der Waals surface area contributed by atoms with Crippen LogP contribution in [0.1, 0.15) is 17.5 Å². The minimum Gasteiger partial charge on any atom is -0.385 e. The van der Waals surface area contributed by atoms with Gasteiger partial charge in [0.1, 0.15) is 0 Å². The molecule has 1 aromatic rings. The molecule has 0 saturated carbocycles. The van der Waals surface area contributed by atoms with Crippen LogP contribution in [-0.4, -0.2) is 27.9 Å². The molecule has 0 radical (unpaired) electrons. The summed E-state index contributed by atoms with van der Waals surface area (Å²) in [7, 11) is -1.68. The molecule has 18 heavy (non-hydrogen) atoms. The van der Waals surface area contributed by atoms with Crippen molar-refractivity contribution < 1.29 is 13.2 Å². The van der Waals surface area contributed by atoms with E-state index in [2.05, 4.69) is 4.72 Å². The van der Waals surface area contributed by atoms with Gasteiger partial charge >= 0.3 is 0 Å². The molecule has 0 atom stereocenters. The summed E-state index contributed by atoms with van der Waals surface area (Å²) in [4.78, 5) is 0. The molecule has 4 nitrogen and oxygen atoms in total. The SMILES string of the molecule is COCCCS(=O)(=O)NCc1cccc(CCl)c1. The van der Waals surface area contributed by atoms with Gasteiger partial charge in [0, 0.05) is 26.1 Å². The Labute approximate surface area is 113 Å². The molecule has 0 heterocycles. The van der Waals surface area contributed by atoms with Crippen LogP contribution in [0.5, 0.6) is 0 Å². The van der Waals surface area contributed by atoms with Crippen molar-refractivity contribution in [3.8, 4) is 0 Å². The number of alkyl halides is 1. The topological polar surface area (TPSA) is 55.4 Å². The van der Waals surface area contributed by atoms with E-state index in [9.17, 15) is 8.42 Å². The summed E-state index contributed by atoms with van der Waals surface area (Å²) < 4.78 is 30.7. The van der Waals surface area contributed by atoms with Crippen LogP contribution in [0.2, 0.25) is 0 Å². The van der Waals surface area contributed by atoms with Gasteiger partial charge in [-0.3, -0.25) is 0 Å². The number of nitrogens with one attached hydrogen (secondary N) is 1. The molecule has 1 rings (SSSR count). The van der Waals surface area contributed by atoms with Gasteiger partial charge in [-0.15, -0.1) is 11.6 Å². The number of sulfonamides is 1. The molecule has 0 spiro atoms. The van der Waals surface area contributed by atoms with Crippen molar-refractivity contribution >= 4 is 21.6 Å². The summed E-state index contributed by atoms with van der Waals surface area (Å²) in [5.41, 5.74) is 1.89. The molecule has 0 aliphatic carbocycles. The lowest BCUT2D eigenvalue weighted by molar-refractivity contribution is 0.199. The van der Waals surface area contributed by atoms with E-state index in [1.54, 1.807) is 7.11 Å². The lowest BCUT2D eigenvalue weighted by Gasteiger charge is -2.07. The third-order valence-electron chi connectivity index (χ3n) is 2.40. The van der Waals surface area contributed by atoms with E-state index in [0.29, 0.717) is 25.5 Å². The van der Waals surface area contributed by atoms with Crippen molar-refractivity contribution in [1.29, 1.82) is 0 Å². The van der Waals surface area contributed by atoms with Gasteiger partial charge in [0.2, 0.25) is 10.0 Å². The van der Waals surface area contributed by atoms with Gasteiger partial charge in [-0.25, -0.2) is 13.1 Å². The predicted octanol–water partition coefficient (Wildman–Crippen LogP) is 1.88. The van der Waals surface area contributed by atoms with Gasteiger partial charge in [-0.1, -0.05) is 24.3 Å². The maximum Gasteiger partial charge on any atom is 0.211 e. The second kappa shape index (κ2) is 7.74. The lowest BCUT2D eigenvalue weighted by Crippen LogP contribution is -2.26. The van der Waals surface area contributed by atoms with Gasteiger partial charge in [0.25, 0.3) is 0 Å². The molecule has 6 heteroatoms. The number of methoxy groups -OCH3 is 1. The first-order valence-electron chi connectivity index (χ1n) is 5.67. The average molecular weight is 292 g/mol. The first-order valence-corrected chi connectivity index (χ1v) is 7.86. The van der Waals surface area contributed by atoms with Crippen LogP contribution in [0.3, 0.4) is 0 Å². The molecule has 0 saturated heterocycles. The van der Waals surface area contributed by atoms with Crippen LogP contribution in [0.15, 0.2) is 24.3 Å². The Balaban J connectivity index is 2.48. The molecular formula is C12H18ClNO3S. The van der Waals surface area contributed by atoms with Crippen LogP contribution in [0.25, 0.3) is 0 Å². The summed E-state index contributed by atoms with van der Waals surface area (Å²) >= 11 is 5.72. The molecular weight excluding hydrogens is 274 g/mol. The average Bonchev–Trinajstić information content (AvgIpc) is 2.37. The molecule has 0 amide bonds. The number of rotatable bonds is 8. The number of benzene rings is 1. The predicted molar refractivity (Wildman–Crippen MR) is 73.1 cm³/mol. The highest BCUT2D eigenvalue weighted by Gasteiger charge is 2.09. The van der Waals surface area contributed by atoms with Crippen LogP contribution >= 0.6 is 11.6 Å². The molecule has 102 valence electrons. The van der Waals surface area contributed by atoms with Gasteiger partial charge in [-0.2, -0.15) is 0 Å². The Morgan fingerprint density at radius 1 is 1.33 bits per heavy atom. The second-order valence-electron chi connectivity index (χ2n) is 3.94. The molecule has 0 bridgehead atoms. The third kappa shape index (κ3) is 5.82. The Hall–Kier alpha value is -0.620. The van der Waals surface area contributed by atoms with Crippen molar-refractivity contribution in [1.82, 2.24) is 4.72 Å². The zero-order valence-electron chi connectivity index (χ0n) is 10.4. The summed E-state index contributed by atoms with van der Waals surface area (Å²) in [5.74, 6) is 0.504. The van der Waals surface area contributed by atoms with Crippen molar-refractivity contribution in [3.05, 3.63) is 35.4 Å². The second-order valence-corrected chi connectivity index (χ2v) is 6.13. The fraction of sp³-hybridized carbons (Fsp3) is 0.500. The van der Waals surface area contributed by atoms with E-state index in [-0.39, 0.29) is 5.75 Å². The highest BCUT2D eigenvalue weighted by Crippen LogP contribution is 2.08. The Bertz CT molecular complexity index is 462. The number of hydrogen-bond donors (Lipinski definition) is 1. The molecule has 0 aromatic heterocycles. The monoisotopic (exact) mass is 291 g/mol. The Morgan fingerprint density at radius 2 is 2.06 bits per heavy atom. The standard InChI is InChI=1S/C12H18ClNO3S/c1-17-6-3-7-18(15,16)14-10-12-5-2-4-11(8-12)9-13/h2,4-5,8,14H,3,6-7,9-10H2,1H3. The number of ether oxygens (including phenoxy) is 1. The fourth-order valence-electron chi connectivity index (χ4n) is 1.48. The van der Waals surface area contributed by atoms with Crippen molar-refractivity contribution in [2.75, 3.05) is 19.5 Å². The van der Waals surface area contributed by atoms with Gasteiger partial charge in [0.05, 0.1) is 5.75 Å². The van der Waals surface area contributed by atoms with E-state index in [0.717, 1.165) is 11.1 Å². The molecule has 1 aromatic carbocycles. The first-order chi connectivity index (χ1) is 8.57. The molecule has 0 aliphatic rings. The van der Waals surface area contributed by atoms with Crippen LogP contribution in [0, 0.1) is 0 Å². The van der Waals surface area contributed by atoms with Gasteiger partial charge in [0.15, 0.2) is 0 Å². The van der Waals surface area contributed by atoms with E-state index in [4.69, 9.17) is 16.3 Å². The normalized spacial score (nSPS) is 11.7. The smallest absolute Gasteiger partial charge is 0.211 e. The van der Waals surface area contributed by atoms with Gasteiger partial charge in [-0.05, 0) is 17.5 Å². The quantitative estimate of drug-likeness (QED) is 0.588. The maximum absolute atomic E-state index is 11.6. The fourth-order valence-corrected chi connectivity index (χ4v) is 2.68. The number of halogens is 1. The zero-order chi connectivity index (χ0) is 13.4. The minimum absolute atomic E-state index is 0.0794. The molecule has 0 unspecified atom stereocenters. The lowest BCUT2D eigenvalue weighted by atomic mass is 10.1. The Morgan fingerprint density at radius 3 is 2.72 bits per heavy atom. The number of hydrogen-bond acceptors (Lipinski definition) is 3. The first kappa shape index (κ1) is 15.4. The zero-order valence-corrected chi connectivity index (χ0v) is 11.9. The molecule has 1 N–H and O–H groups in total. The van der Waals surface area contributed by atoms with Crippen LogP contribution < -0.4 is 4.72 Å². The third-order valence-corrected chi connectivity index (χ3v) is 4.12. The van der Waals surface area contributed by atoms with E-state index in [1.165, 1.54) is 0 Å². The van der Waals surface area contributed by atoms with E-state index in [1.807, 2.05) is 24.3 Å². The minimum atomic E-state index is -3.23. The summed E-state index contributed by atoms with van der Waals surface area (Å²) in [6.45, 7) is 0.739. The van der Waals surface area contributed by atoms with Crippen LogP contribution in [0.4, 0.5) is 0 Å². The maximum atomic E-state index is 11.6. The summed E-state index contributed by atoms with van der Waals surface area (Å²) in [6, 6.07) is 7.54. The van der Waals surface area contributed by atoms with Crippen molar-refractivity contribution in [3.63, 3.8) is 0 Å². The van der Waals surface area contributed by atoms with Crippen molar-refractivity contribution in [2.24, 2.45) is 0 Å². The summed E-state index contributed by atoms with van der Waals surface area (Å²) in [5, 5.41) is 0. The molecule has 0 aliphatic heterocycles.